The van der Waals surface area contributed by atoms with Gasteiger partial charge in [0.05, 0.1) is 0 Å². The van der Waals surface area contributed by atoms with Crippen LogP contribution in [0, 0.1) is 46.8 Å². The Morgan fingerprint density at radius 3 is 2.22 bits per heavy atom. The molecular formula is C59H56N4OPt. The summed E-state index contributed by atoms with van der Waals surface area (Å²) in [6.45, 7) is 27.0. The first-order chi connectivity index (χ1) is 30.4. The van der Waals surface area contributed by atoms with E-state index < -0.39 is 11.1 Å². The molecule has 328 valence electrons. The quantitative estimate of drug-likeness (QED) is 0.165. The van der Waals surface area contributed by atoms with E-state index in [0.29, 0.717) is 5.90 Å². The Labute approximate surface area is 398 Å². The summed E-state index contributed by atoms with van der Waals surface area (Å²) in [6.07, 6.45) is 2.75. The zero-order valence-electron chi connectivity index (χ0n) is 39.6. The molecule has 0 amide bonds. The van der Waals surface area contributed by atoms with Crippen LogP contribution in [0.2, 0.25) is 0 Å². The number of para-hydroxylation sites is 1. The molecule has 2 atom stereocenters. The van der Waals surface area contributed by atoms with Crippen molar-refractivity contribution in [1.82, 2.24) is 9.55 Å². The average Bonchev–Trinajstić information content (AvgIpc) is 3.79. The molecule has 2 aliphatic heterocycles. The van der Waals surface area contributed by atoms with Crippen LogP contribution in [0.3, 0.4) is 0 Å². The van der Waals surface area contributed by atoms with Gasteiger partial charge < -0.3 is 14.2 Å². The number of rotatable bonds is 4. The molecule has 0 bridgehead atoms. The van der Waals surface area contributed by atoms with Crippen molar-refractivity contribution >= 4 is 44.8 Å². The summed E-state index contributed by atoms with van der Waals surface area (Å²) in [6, 6.07) is 46.2. The van der Waals surface area contributed by atoms with Crippen LogP contribution in [0.4, 0.5) is 17.1 Å². The Kier molecular flexibility index (Phi) is 9.70. The van der Waals surface area contributed by atoms with Crippen LogP contribution in [0.5, 0.6) is 0 Å². The largest absolute Gasteiger partial charge is 2.00 e. The Morgan fingerprint density at radius 1 is 0.708 bits per heavy atom. The van der Waals surface area contributed by atoms with E-state index in [0.717, 1.165) is 56.8 Å². The molecular weight excluding hydrogens is 976 g/mol. The maximum atomic E-state index is 7.19. The van der Waals surface area contributed by atoms with Crippen LogP contribution in [-0.4, -0.2) is 21.0 Å². The molecule has 2 aromatic heterocycles. The summed E-state index contributed by atoms with van der Waals surface area (Å²) < 4.78 is 9.50. The number of aliphatic imine (C=N–C) groups is 1. The number of fused-ring (bicyclic) bond motifs is 8. The fourth-order valence-corrected chi connectivity index (χ4v) is 11.1. The maximum absolute atomic E-state index is 7.19. The molecule has 0 fully saturated rings. The predicted molar refractivity (Wildman–Crippen MR) is 264 cm³/mol. The van der Waals surface area contributed by atoms with Crippen molar-refractivity contribution < 1.29 is 25.8 Å². The molecule has 1 aliphatic carbocycles. The second-order valence-electron chi connectivity index (χ2n) is 20.7. The Balaban J connectivity index is 0.00000498. The third kappa shape index (κ3) is 6.28. The summed E-state index contributed by atoms with van der Waals surface area (Å²) in [5.41, 5.74) is 19.4. The molecule has 6 aromatic carbocycles. The van der Waals surface area contributed by atoms with Crippen molar-refractivity contribution in [3.63, 3.8) is 0 Å². The second kappa shape index (κ2) is 14.6. The fraction of sp³-hybridized carbons (Fsp3) is 0.288. The van der Waals surface area contributed by atoms with E-state index in [4.69, 9.17) is 14.7 Å². The Morgan fingerprint density at radius 2 is 1.46 bits per heavy atom. The number of aromatic nitrogens is 2. The Hall–Kier alpha value is -5.77. The summed E-state index contributed by atoms with van der Waals surface area (Å²) >= 11 is 0. The van der Waals surface area contributed by atoms with Gasteiger partial charge in [0.15, 0.2) is 0 Å². The van der Waals surface area contributed by atoms with Gasteiger partial charge in [-0.25, -0.2) is 4.98 Å². The molecule has 5 nitrogen and oxygen atoms in total. The van der Waals surface area contributed by atoms with Gasteiger partial charge in [-0.2, -0.15) is 6.07 Å². The van der Waals surface area contributed by atoms with Crippen molar-refractivity contribution in [3.8, 4) is 16.9 Å². The van der Waals surface area contributed by atoms with Crippen molar-refractivity contribution in [1.29, 1.82) is 0 Å². The minimum absolute atomic E-state index is 0. The first-order valence-corrected chi connectivity index (χ1v) is 22.8. The predicted octanol–water partition coefficient (Wildman–Crippen LogP) is 14.4. The topological polar surface area (TPSA) is 42.7 Å². The normalized spacial score (nSPS) is 19.3. The number of anilines is 3. The van der Waals surface area contributed by atoms with Gasteiger partial charge in [-0.3, -0.25) is 4.99 Å². The van der Waals surface area contributed by atoms with Gasteiger partial charge in [-0.05, 0) is 145 Å². The fourth-order valence-electron chi connectivity index (χ4n) is 11.1. The number of nitrogens with zero attached hydrogens (tertiary/aromatic N) is 4. The number of pyridine rings is 1. The summed E-state index contributed by atoms with van der Waals surface area (Å²) in [7, 11) is 0. The van der Waals surface area contributed by atoms with Gasteiger partial charge in [0.1, 0.15) is 22.9 Å². The molecule has 6 heteroatoms. The molecule has 8 aromatic rings. The monoisotopic (exact) mass is 1030 g/mol. The number of ether oxygens (including phenoxy) is 1. The third-order valence-electron chi connectivity index (χ3n) is 15.2. The molecule has 0 saturated carbocycles. The molecule has 11 rings (SSSR count). The van der Waals surface area contributed by atoms with E-state index in [1.165, 1.54) is 66.6 Å². The van der Waals surface area contributed by atoms with E-state index in [-0.39, 0.29) is 31.9 Å². The van der Waals surface area contributed by atoms with Crippen molar-refractivity contribution in [2.45, 2.75) is 111 Å². The van der Waals surface area contributed by atoms with Gasteiger partial charge in [0.25, 0.3) is 0 Å². The summed E-state index contributed by atoms with van der Waals surface area (Å²) in [5.74, 6) is 1.52. The van der Waals surface area contributed by atoms with E-state index >= 15 is 0 Å². The van der Waals surface area contributed by atoms with Gasteiger partial charge in [0, 0.05) is 23.8 Å². The smallest absolute Gasteiger partial charge is 0.511 e. The summed E-state index contributed by atoms with van der Waals surface area (Å²) in [4.78, 5) is 13.0. The molecule has 0 unspecified atom stereocenters. The van der Waals surface area contributed by atoms with Crippen molar-refractivity contribution in [2.24, 2.45) is 4.99 Å². The zero-order valence-corrected chi connectivity index (χ0v) is 41.9. The third-order valence-corrected chi connectivity index (χ3v) is 15.2. The summed E-state index contributed by atoms with van der Waals surface area (Å²) in [5, 5.41) is 2.36. The van der Waals surface area contributed by atoms with Crippen LogP contribution in [0.1, 0.15) is 110 Å². The molecule has 65 heavy (non-hydrogen) atoms. The van der Waals surface area contributed by atoms with Crippen LogP contribution in [0.15, 0.2) is 114 Å². The van der Waals surface area contributed by atoms with Gasteiger partial charge in [0.2, 0.25) is 0 Å². The van der Waals surface area contributed by atoms with Gasteiger partial charge in [-0.1, -0.05) is 123 Å². The first-order valence-electron chi connectivity index (χ1n) is 22.8. The number of hydrogen-bond donors (Lipinski definition) is 0. The number of benzene rings is 6. The molecule has 4 heterocycles. The van der Waals surface area contributed by atoms with E-state index in [2.05, 4.69) is 208 Å². The van der Waals surface area contributed by atoms with E-state index in [1.54, 1.807) is 0 Å². The second-order valence-corrected chi connectivity index (χ2v) is 20.7. The molecule has 0 saturated heterocycles. The standard InChI is InChI=1S/C59H56N4O.Pt/c1-34-20-23-49-43(26-34)44-31-48-52(32-51(44)63(49)53-30-41(24-25-60-53)56(6,7)8)62(50-19-14-13-18-47(50)57(48,9)10)42-28-39(54-36(3)16-15-17-37(54)4)27-40(29-42)55-61-59(12)46-22-21-35(2)38(5)45(46)33-58(59,11)64-55;/h13-28,30-31H,33H2,1-12H3;/q-2;+2/t58-,59+;/m0./s1. The molecule has 3 aliphatic rings. The van der Waals surface area contributed by atoms with Crippen LogP contribution >= 0.6 is 0 Å². The van der Waals surface area contributed by atoms with Crippen LogP contribution < -0.4 is 4.90 Å². The SMILES string of the molecule is Cc1ccc2c(c1)c1cc3c([c-]c1n2-c1cc(C(C)(C)C)ccn1)N(c1[c-]c(C2=N[C@]4(C)c5ccc(C)c(C)c5C[C@]4(C)O2)cc(-c2c(C)cccc2C)c1)c1ccccc1C3(C)C.[Pt+2]. The first kappa shape index (κ1) is 43.1. The average molecular weight is 1030 g/mol. The molecule has 0 spiro atoms. The number of aryl methyl sites for hydroxylation is 4. The van der Waals surface area contributed by atoms with Crippen molar-refractivity contribution in [2.75, 3.05) is 4.90 Å². The van der Waals surface area contributed by atoms with Gasteiger partial charge in [-0.15, -0.1) is 35.2 Å². The zero-order chi connectivity index (χ0) is 44.8. The molecule has 0 radical (unpaired) electrons. The van der Waals surface area contributed by atoms with E-state index in [1.807, 2.05) is 6.20 Å². The van der Waals surface area contributed by atoms with Crippen LogP contribution in [-0.2, 0) is 48.6 Å². The van der Waals surface area contributed by atoms with Crippen molar-refractivity contribution in [3.05, 3.63) is 183 Å². The number of hydrogen-bond acceptors (Lipinski definition) is 4. The maximum Gasteiger partial charge on any atom is 2.00 e. The minimum Gasteiger partial charge on any atom is -0.511 e. The van der Waals surface area contributed by atoms with Crippen LogP contribution in [0.25, 0.3) is 38.8 Å². The van der Waals surface area contributed by atoms with E-state index in [9.17, 15) is 0 Å². The minimum atomic E-state index is -0.545. The van der Waals surface area contributed by atoms with Gasteiger partial charge >= 0.3 is 21.1 Å². The molecule has 0 N–H and O–H groups in total. The Bertz CT molecular complexity index is 3330.